The van der Waals surface area contributed by atoms with Gasteiger partial charge in [0.15, 0.2) is 5.82 Å². The van der Waals surface area contributed by atoms with Crippen LogP contribution in [-0.2, 0) is 4.74 Å². The number of halogens is 1. The molecule has 2 N–H and O–H groups in total. The number of hydrogen-bond donors (Lipinski definition) is 2. The summed E-state index contributed by atoms with van der Waals surface area (Å²) < 4.78 is 19.9. The topological polar surface area (TPSA) is 137 Å². The first-order chi connectivity index (χ1) is 16.6. The molecule has 0 aliphatic heterocycles. The van der Waals surface area contributed by atoms with Crippen molar-refractivity contribution in [3.05, 3.63) is 46.7 Å². The average Bonchev–Trinajstić information content (AvgIpc) is 3.22. The fourth-order valence-corrected chi connectivity index (χ4v) is 3.63. The number of aromatic nitrogens is 4. The van der Waals surface area contributed by atoms with Crippen LogP contribution in [0.4, 0.5) is 20.7 Å². The third-order valence-electron chi connectivity index (χ3n) is 5.21. The predicted octanol–water partition coefficient (Wildman–Crippen LogP) is 4.72. The van der Waals surface area contributed by atoms with Gasteiger partial charge in [-0.25, -0.2) is 24.1 Å². The number of alkyl carbamates (subject to hydrolysis) is 1. The molecule has 0 saturated heterocycles. The Balaban J connectivity index is 0.000000327. The first-order valence-corrected chi connectivity index (χ1v) is 11.4. The highest BCUT2D eigenvalue weighted by Gasteiger charge is 2.23. The Morgan fingerprint density at radius 1 is 1.20 bits per heavy atom. The Morgan fingerprint density at radius 2 is 1.91 bits per heavy atom. The van der Waals surface area contributed by atoms with Crippen molar-refractivity contribution in [2.24, 2.45) is 0 Å². The minimum absolute atomic E-state index is 0.157. The third-order valence-corrected chi connectivity index (χ3v) is 5.21. The maximum absolute atomic E-state index is 13.6. The molecule has 11 nitrogen and oxygen atoms in total. The molecule has 1 aliphatic carbocycles. The number of nitro groups is 1. The second-order valence-corrected chi connectivity index (χ2v) is 9.13. The Labute approximate surface area is 202 Å². The van der Waals surface area contributed by atoms with Crippen LogP contribution >= 0.6 is 0 Å². The van der Waals surface area contributed by atoms with Crippen molar-refractivity contribution in [2.45, 2.75) is 64.5 Å². The highest BCUT2D eigenvalue weighted by molar-refractivity contribution is 5.67. The summed E-state index contributed by atoms with van der Waals surface area (Å²) in [7, 11) is 1.54. The molecule has 0 aromatic carbocycles. The molecule has 188 valence electrons. The van der Waals surface area contributed by atoms with Crippen LogP contribution in [-0.4, -0.2) is 49.1 Å². The summed E-state index contributed by atoms with van der Waals surface area (Å²) in [5, 5.41) is 16.9. The number of pyridine rings is 1. The van der Waals surface area contributed by atoms with Crippen molar-refractivity contribution in [3.8, 4) is 11.5 Å². The number of anilines is 1. The smallest absolute Gasteiger partial charge is 0.407 e. The zero-order valence-corrected chi connectivity index (χ0v) is 20.2. The van der Waals surface area contributed by atoms with Crippen LogP contribution < -0.4 is 10.6 Å². The van der Waals surface area contributed by atoms with Crippen LogP contribution in [0.25, 0.3) is 17.2 Å². The molecule has 0 atom stereocenters. The van der Waals surface area contributed by atoms with Gasteiger partial charge in [0.05, 0.1) is 11.1 Å². The first-order valence-electron chi connectivity index (χ1n) is 11.4. The van der Waals surface area contributed by atoms with Gasteiger partial charge in [0, 0.05) is 19.3 Å². The number of rotatable bonds is 4. The first kappa shape index (κ1) is 25.8. The molecular formula is C23H30FN7O4. The molecular weight excluding hydrogens is 457 g/mol. The number of ether oxygens (including phenoxy) is 1. The monoisotopic (exact) mass is 487 g/mol. The molecule has 3 aromatic heterocycles. The second-order valence-electron chi connectivity index (χ2n) is 9.13. The summed E-state index contributed by atoms with van der Waals surface area (Å²) >= 11 is 0. The van der Waals surface area contributed by atoms with Crippen LogP contribution in [0, 0.1) is 15.9 Å². The van der Waals surface area contributed by atoms with Gasteiger partial charge in [0.1, 0.15) is 29.0 Å². The Kier molecular flexibility index (Phi) is 8.15. The minimum Gasteiger partial charge on any atom is -0.444 e. The van der Waals surface area contributed by atoms with E-state index < -0.39 is 10.7 Å². The van der Waals surface area contributed by atoms with Crippen molar-refractivity contribution in [1.82, 2.24) is 24.7 Å². The lowest BCUT2D eigenvalue weighted by Gasteiger charge is -2.23. The number of nitrogens with one attached hydrogen (secondary N) is 2. The molecule has 0 bridgehead atoms. The molecule has 35 heavy (non-hydrogen) atoms. The summed E-state index contributed by atoms with van der Waals surface area (Å²) in [5.74, 6) is 0.0319. The maximum atomic E-state index is 13.6. The summed E-state index contributed by atoms with van der Waals surface area (Å²) in [6.45, 7) is 5.46. The molecule has 0 unspecified atom stereocenters. The molecule has 12 heteroatoms. The molecule has 1 fully saturated rings. The van der Waals surface area contributed by atoms with Gasteiger partial charge < -0.3 is 15.4 Å². The second kappa shape index (κ2) is 11.1. The van der Waals surface area contributed by atoms with E-state index in [1.54, 1.807) is 6.07 Å². The van der Waals surface area contributed by atoms with E-state index in [0.29, 0.717) is 11.3 Å². The van der Waals surface area contributed by atoms with Gasteiger partial charge in [0.2, 0.25) is 5.82 Å². The molecule has 1 saturated carbocycles. The minimum atomic E-state index is -0.497. The van der Waals surface area contributed by atoms with Gasteiger partial charge in [-0.3, -0.25) is 14.5 Å². The van der Waals surface area contributed by atoms with E-state index in [2.05, 4.69) is 25.6 Å². The molecule has 1 aliphatic rings. The Morgan fingerprint density at radius 3 is 2.51 bits per heavy atom. The van der Waals surface area contributed by atoms with Gasteiger partial charge in [-0.05, 0) is 45.7 Å². The lowest BCUT2D eigenvalue weighted by atomic mass is 9.95. The van der Waals surface area contributed by atoms with Crippen LogP contribution in [0.5, 0.6) is 0 Å². The van der Waals surface area contributed by atoms with Gasteiger partial charge in [-0.2, -0.15) is 0 Å². The Hall–Kier alpha value is -3.83. The van der Waals surface area contributed by atoms with E-state index in [0.717, 1.165) is 25.7 Å². The SMILES string of the molecule is CNC(=O)OC(C)(C)C.O=[N+]([O-])c1cnc(-c2cnc3ccc(F)cn23)nc1NC1CCCCC1. The average molecular weight is 488 g/mol. The van der Waals surface area contributed by atoms with Crippen molar-refractivity contribution >= 4 is 23.2 Å². The molecule has 1 amide bonds. The molecule has 0 radical (unpaired) electrons. The van der Waals surface area contributed by atoms with Gasteiger partial charge in [0.25, 0.3) is 0 Å². The van der Waals surface area contributed by atoms with E-state index in [1.165, 1.54) is 42.5 Å². The van der Waals surface area contributed by atoms with E-state index in [1.807, 2.05) is 20.8 Å². The maximum Gasteiger partial charge on any atom is 0.407 e. The number of carbonyl (C=O) groups excluding carboxylic acids is 1. The largest absolute Gasteiger partial charge is 0.444 e. The van der Waals surface area contributed by atoms with E-state index >= 15 is 0 Å². The summed E-state index contributed by atoms with van der Waals surface area (Å²) in [5.41, 5.74) is 0.464. The normalized spacial score (nSPS) is 14.1. The number of nitrogens with zero attached hydrogens (tertiary/aromatic N) is 5. The van der Waals surface area contributed by atoms with Gasteiger partial charge >= 0.3 is 11.8 Å². The van der Waals surface area contributed by atoms with Crippen molar-refractivity contribution in [3.63, 3.8) is 0 Å². The summed E-state index contributed by atoms with van der Waals surface area (Å²) in [6, 6.07) is 3.02. The Bertz CT molecular complexity index is 1190. The molecule has 3 aromatic rings. The van der Waals surface area contributed by atoms with Crippen molar-refractivity contribution in [2.75, 3.05) is 12.4 Å². The van der Waals surface area contributed by atoms with Crippen molar-refractivity contribution < 1.29 is 18.8 Å². The fraction of sp³-hybridized carbons (Fsp3) is 0.478. The molecule has 3 heterocycles. The summed E-state index contributed by atoms with van der Waals surface area (Å²) in [4.78, 5) is 34.0. The number of fused-ring (bicyclic) bond motifs is 1. The lowest BCUT2D eigenvalue weighted by Crippen LogP contribution is -2.30. The van der Waals surface area contributed by atoms with Gasteiger partial charge in [-0.15, -0.1) is 0 Å². The predicted molar refractivity (Wildman–Crippen MR) is 129 cm³/mol. The number of hydrogen-bond acceptors (Lipinski definition) is 8. The standard InChI is InChI=1S/C17H17FN6O2.C6H13NO2/c18-11-6-7-15-19-8-13(23(15)10-11)16-20-9-14(24(25)26)17(22-16)21-12-4-2-1-3-5-12;1-6(2,3)9-5(8)7-4/h6-10,12H,1-5H2,(H,20,21,22);1-4H3,(H,7,8). The highest BCUT2D eigenvalue weighted by Crippen LogP contribution is 2.28. The number of amides is 1. The van der Waals surface area contributed by atoms with Crippen LogP contribution in [0.2, 0.25) is 0 Å². The van der Waals surface area contributed by atoms with Crippen LogP contribution in [0.15, 0.2) is 30.7 Å². The lowest BCUT2D eigenvalue weighted by molar-refractivity contribution is -0.384. The molecule has 0 spiro atoms. The highest BCUT2D eigenvalue weighted by atomic mass is 19.1. The quantitative estimate of drug-likeness (QED) is 0.398. The van der Waals surface area contributed by atoms with Crippen LogP contribution in [0.3, 0.4) is 0 Å². The van der Waals surface area contributed by atoms with E-state index in [-0.39, 0.29) is 35.1 Å². The van der Waals surface area contributed by atoms with E-state index in [4.69, 9.17) is 4.74 Å². The van der Waals surface area contributed by atoms with Crippen molar-refractivity contribution in [1.29, 1.82) is 0 Å². The zero-order chi connectivity index (χ0) is 25.6. The van der Waals surface area contributed by atoms with Gasteiger partial charge in [-0.1, -0.05) is 19.3 Å². The van der Waals surface area contributed by atoms with E-state index in [9.17, 15) is 19.3 Å². The summed E-state index contributed by atoms with van der Waals surface area (Å²) in [6.07, 6.45) is 8.90. The molecule has 4 rings (SSSR count). The number of carbonyl (C=O) groups is 1. The zero-order valence-electron chi connectivity index (χ0n) is 20.2. The fourth-order valence-electron chi connectivity index (χ4n) is 3.63. The third kappa shape index (κ3) is 7.08. The van der Waals surface area contributed by atoms with Crippen LogP contribution in [0.1, 0.15) is 52.9 Å². The number of imidazole rings is 1.